The lowest BCUT2D eigenvalue weighted by atomic mass is 9.96. The zero-order valence-electron chi connectivity index (χ0n) is 13.7. The van der Waals surface area contributed by atoms with E-state index in [1.165, 1.54) is 0 Å². The van der Waals surface area contributed by atoms with Gasteiger partial charge in [0.05, 0.1) is 11.1 Å². The van der Waals surface area contributed by atoms with E-state index in [1.54, 1.807) is 18.2 Å². The van der Waals surface area contributed by atoms with Crippen molar-refractivity contribution in [1.82, 2.24) is 0 Å². The van der Waals surface area contributed by atoms with Gasteiger partial charge in [-0.05, 0) is 58.0 Å². The summed E-state index contributed by atoms with van der Waals surface area (Å²) in [7, 11) is 0. The zero-order chi connectivity index (χ0) is 19.4. The van der Waals surface area contributed by atoms with Crippen molar-refractivity contribution in [2.45, 2.75) is 18.8 Å². The molecule has 0 nitrogen and oxygen atoms in total. The first-order valence-electron chi connectivity index (χ1n) is 8.14. The molecule has 6 heteroatoms. The van der Waals surface area contributed by atoms with Crippen LogP contribution in [0.4, 0.5) is 26.3 Å². The molecule has 3 aromatic carbocycles. The second-order valence-electron chi connectivity index (χ2n) is 6.50. The highest BCUT2D eigenvalue weighted by Gasteiger charge is 2.37. The standard InChI is InChI=1S/C21H12F6/c22-20(23,24)16-9-14(10-17(11-16)21(25,26)27)12-5-6-19-15(7-12)8-13-3-1-2-4-18(13)19/h1-7,9-11H,8H2. The van der Waals surface area contributed by atoms with Crippen LogP contribution in [0.3, 0.4) is 0 Å². The van der Waals surface area contributed by atoms with E-state index in [-0.39, 0.29) is 11.6 Å². The molecule has 0 saturated heterocycles. The van der Waals surface area contributed by atoms with Crippen LogP contribution in [0.25, 0.3) is 22.3 Å². The summed E-state index contributed by atoms with van der Waals surface area (Å²) in [6.07, 6.45) is -9.11. The van der Waals surface area contributed by atoms with Gasteiger partial charge in [0.1, 0.15) is 0 Å². The maximum absolute atomic E-state index is 13.1. The average molecular weight is 378 g/mol. The van der Waals surface area contributed by atoms with Gasteiger partial charge in [-0.25, -0.2) is 0 Å². The SMILES string of the molecule is FC(F)(F)c1cc(-c2ccc3c(c2)Cc2ccccc2-3)cc(C(F)(F)F)c1. The topological polar surface area (TPSA) is 0 Å². The minimum absolute atomic E-state index is 0.101. The predicted octanol–water partition coefficient (Wildman–Crippen LogP) is 6.96. The summed E-state index contributed by atoms with van der Waals surface area (Å²) in [6.45, 7) is 0. The highest BCUT2D eigenvalue weighted by Crippen LogP contribution is 2.41. The van der Waals surface area contributed by atoms with Crippen molar-refractivity contribution in [2.75, 3.05) is 0 Å². The third-order valence-electron chi connectivity index (χ3n) is 4.71. The highest BCUT2D eigenvalue weighted by molar-refractivity contribution is 5.80. The largest absolute Gasteiger partial charge is 0.416 e. The van der Waals surface area contributed by atoms with Crippen LogP contribution in [0.2, 0.25) is 0 Å². The minimum atomic E-state index is -4.86. The number of rotatable bonds is 1. The van der Waals surface area contributed by atoms with Gasteiger partial charge in [-0.3, -0.25) is 0 Å². The highest BCUT2D eigenvalue weighted by atomic mass is 19.4. The van der Waals surface area contributed by atoms with E-state index in [1.807, 2.05) is 24.3 Å². The number of alkyl halides is 6. The molecule has 4 rings (SSSR count). The summed E-state index contributed by atoms with van der Waals surface area (Å²) in [6, 6.07) is 14.4. The van der Waals surface area contributed by atoms with Crippen molar-refractivity contribution in [2.24, 2.45) is 0 Å². The third kappa shape index (κ3) is 3.20. The molecule has 0 aromatic heterocycles. The minimum Gasteiger partial charge on any atom is -0.166 e. The Kier molecular flexibility index (Phi) is 3.84. The Bertz CT molecular complexity index is 995. The first-order chi connectivity index (χ1) is 12.6. The van der Waals surface area contributed by atoms with Crippen LogP contribution in [0.1, 0.15) is 22.3 Å². The van der Waals surface area contributed by atoms with Crippen molar-refractivity contribution < 1.29 is 26.3 Å². The summed E-state index contributed by atoms with van der Waals surface area (Å²) in [5.74, 6) is 0. The van der Waals surface area contributed by atoms with Crippen LogP contribution in [-0.4, -0.2) is 0 Å². The molecule has 0 spiro atoms. The van der Waals surface area contributed by atoms with E-state index < -0.39 is 23.5 Å². The number of hydrogen-bond donors (Lipinski definition) is 0. The first-order valence-corrected chi connectivity index (χ1v) is 8.14. The van der Waals surface area contributed by atoms with Gasteiger partial charge in [0, 0.05) is 0 Å². The second-order valence-corrected chi connectivity index (χ2v) is 6.50. The molecule has 0 atom stereocenters. The van der Waals surface area contributed by atoms with Crippen molar-refractivity contribution in [1.29, 1.82) is 0 Å². The molecule has 0 bridgehead atoms. The van der Waals surface area contributed by atoms with Gasteiger partial charge in [0.2, 0.25) is 0 Å². The molecule has 0 N–H and O–H groups in total. The van der Waals surface area contributed by atoms with Gasteiger partial charge >= 0.3 is 12.4 Å². The molecule has 0 heterocycles. The van der Waals surface area contributed by atoms with Gasteiger partial charge in [0.25, 0.3) is 0 Å². The van der Waals surface area contributed by atoms with E-state index >= 15 is 0 Å². The van der Waals surface area contributed by atoms with Gasteiger partial charge in [0.15, 0.2) is 0 Å². The van der Waals surface area contributed by atoms with Crippen LogP contribution < -0.4 is 0 Å². The van der Waals surface area contributed by atoms with Crippen molar-refractivity contribution in [3.05, 3.63) is 82.9 Å². The van der Waals surface area contributed by atoms with E-state index in [9.17, 15) is 26.3 Å². The van der Waals surface area contributed by atoms with Crippen LogP contribution in [-0.2, 0) is 18.8 Å². The number of fused-ring (bicyclic) bond motifs is 3. The van der Waals surface area contributed by atoms with Gasteiger partial charge in [-0.1, -0.05) is 42.5 Å². The predicted molar refractivity (Wildman–Crippen MR) is 90.1 cm³/mol. The van der Waals surface area contributed by atoms with Gasteiger partial charge in [-0.2, -0.15) is 26.3 Å². The molecular weight excluding hydrogens is 366 g/mol. The molecule has 0 aliphatic heterocycles. The lowest BCUT2D eigenvalue weighted by molar-refractivity contribution is -0.143. The Hall–Kier alpha value is -2.76. The molecule has 0 unspecified atom stereocenters. The van der Waals surface area contributed by atoms with E-state index in [0.29, 0.717) is 12.0 Å². The Morgan fingerprint density at radius 2 is 1.15 bits per heavy atom. The van der Waals surface area contributed by atoms with E-state index in [0.717, 1.165) is 34.4 Å². The Morgan fingerprint density at radius 3 is 1.78 bits per heavy atom. The molecule has 27 heavy (non-hydrogen) atoms. The molecule has 0 amide bonds. The summed E-state index contributed by atoms with van der Waals surface area (Å²) >= 11 is 0. The fraction of sp³-hybridized carbons (Fsp3) is 0.143. The smallest absolute Gasteiger partial charge is 0.166 e. The Balaban J connectivity index is 1.84. The molecule has 138 valence electrons. The van der Waals surface area contributed by atoms with Crippen LogP contribution in [0.15, 0.2) is 60.7 Å². The quantitative estimate of drug-likeness (QED) is 0.314. The molecule has 0 saturated carbocycles. The molecule has 3 aromatic rings. The lowest BCUT2D eigenvalue weighted by Crippen LogP contribution is -2.11. The summed E-state index contributed by atoms with van der Waals surface area (Å²) < 4.78 is 78.5. The van der Waals surface area contributed by atoms with Gasteiger partial charge in [-0.15, -0.1) is 0 Å². The van der Waals surface area contributed by atoms with Crippen molar-refractivity contribution in [3.8, 4) is 22.3 Å². The fourth-order valence-corrected chi connectivity index (χ4v) is 3.45. The molecule has 0 radical (unpaired) electrons. The van der Waals surface area contributed by atoms with E-state index in [4.69, 9.17) is 0 Å². The normalized spacial score (nSPS) is 13.4. The van der Waals surface area contributed by atoms with Crippen LogP contribution in [0, 0.1) is 0 Å². The fourth-order valence-electron chi connectivity index (χ4n) is 3.45. The third-order valence-corrected chi connectivity index (χ3v) is 4.71. The van der Waals surface area contributed by atoms with Crippen molar-refractivity contribution in [3.63, 3.8) is 0 Å². The average Bonchev–Trinajstić information content (AvgIpc) is 2.97. The first kappa shape index (κ1) is 17.6. The second kappa shape index (κ2) is 5.87. The summed E-state index contributed by atoms with van der Waals surface area (Å²) in [5.41, 5.74) is 1.59. The maximum atomic E-state index is 13.1. The molecule has 1 aliphatic rings. The lowest BCUT2D eigenvalue weighted by Gasteiger charge is -2.15. The molecule has 0 fully saturated rings. The Labute approximate surface area is 151 Å². The summed E-state index contributed by atoms with van der Waals surface area (Å²) in [4.78, 5) is 0. The van der Waals surface area contributed by atoms with Gasteiger partial charge < -0.3 is 0 Å². The summed E-state index contributed by atoms with van der Waals surface area (Å²) in [5, 5.41) is 0. The number of halogens is 6. The molecular formula is C21H12F6. The van der Waals surface area contributed by atoms with Crippen molar-refractivity contribution >= 4 is 0 Å². The maximum Gasteiger partial charge on any atom is 0.416 e. The van der Waals surface area contributed by atoms with Crippen LogP contribution >= 0.6 is 0 Å². The van der Waals surface area contributed by atoms with E-state index in [2.05, 4.69) is 0 Å². The zero-order valence-corrected chi connectivity index (χ0v) is 13.7. The number of hydrogen-bond acceptors (Lipinski definition) is 0. The number of benzene rings is 3. The van der Waals surface area contributed by atoms with Crippen LogP contribution in [0.5, 0.6) is 0 Å². The Morgan fingerprint density at radius 1 is 0.556 bits per heavy atom. The monoisotopic (exact) mass is 378 g/mol. The molecule has 1 aliphatic carbocycles.